The van der Waals surface area contributed by atoms with Gasteiger partial charge in [-0.2, -0.15) is 11.8 Å². The SMILES string of the molecule is Brc1ccc2c(c1)CCC21CCSCC1. The summed E-state index contributed by atoms with van der Waals surface area (Å²) < 4.78 is 1.24. The van der Waals surface area contributed by atoms with Crippen molar-refractivity contribution in [3.63, 3.8) is 0 Å². The highest BCUT2D eigenvalue weighted by molar-refractivity contribution is 9.10. The lowest BCUT2D eigenvalue weighted by Gasteiger charge is -2.34. The Balaban J connectivity index is 2.03. The zero-order valence-electron chi connectivity index (χ0n) is 8.76. The van der Waals surface area contributed by atoms with Gasteiger partial charge in [-0.15, -0.1) is 0 Å². The van der Waals surface area contributed by atoms with Crippen LogP contribution in [0.3, 0.4) is 0 Å². The van der Waals surface area contributed by atoms with Crippen molar-refractivity contribution >= 4 is 27.7 Å². The first-order valence-corrected chi connectivity index (χ1v) is 7.62. The molecule has 0 radical (unpaired) electrons. The van der Waals surface area contributed by atoms with E-state index in [1.54, 1.807) is 11.1 Å². The molecular weight excluding hydrogens is 268 g/mol. The number of fused-ring (bicyclic) bond motifs is 2. The third-order valence-electron chi connectivity index (χ3n) is 3.96. The summed E-state index contributed by atoms with van der Waals surface area (Å²) in [4.78, 5) is 0. The fraction of sp³-hybridized carbons (Fsp3) is 0.538. The Morgan fingerprint density at radius 2 is 1.93 bits per heavy atom. The van der Waals surface area contributed by atoms with Crippen molar-refractivity contribution in [2.45, 2.75) is 31.1 Å². The Morgan fingerprint density at radius 1 is 1.13 bits per heavy atom. The lowest BCUT2D eigenvalue weighted by Crippen LogP contribution is -2.28. The Hall–Kier alpha value is 0.0500. The average Bonchev–Trinajstić information content (AvgIpc) is 2.58. The predicted molar refractivity (Wildman–Crippen MR) is 70.7 cm³/mol. The maximum Gasteiger partial charge on any atom is 0.0178 e. The van der Waals surface area contributed by atoms with Crippen LogP contribution in [-0.2, 0) is 11.8 Å². The summed E-state index contributed by atoms with van der Waals surface area (Å²) in [5.74, 6) is 2.71. The maximum absolute atomic E-state index is 3.57. The van der Waals surface area contributed by atoms with Gasteiger partial charge < -0.3 is 0 Å². The van der Waals surface area contributed by atoms with Crippen molar-refractivity contribution in [1.82, 2.24) is 0 Å². The molecule has 0 nitrogen and oxygen atoms in total. The second-order valence-electron chi connectivity index (χ2n) is 4.69. The van der Waals surface area contributed by atoms with E-state index >= 15 is 0 Å². The van der Waals surface area contributed by atoms with Gasteiger partial charge in [0.2, 0.25) is 0 Å². The van der Waals surface area contributed by atoms with Gasteiger partial charge in [0.15, 0.2) is 0 Å². The number of hydrogen-bond donors (Lipinski definition) is 0. The molecule has 3 rings (SSSR count). The molecule has 1 aromatic rings. The number of thioether (sulfide) groups is 1. The monoisotopic (exact) mass is 282 g/mol. The molecule has 0 aromatic heterocycles. The van der Waals surface area contributed by atoms with Gasteiger partial charge in [-0.05, 0) is 65.9 Å². The lowest BCUT2D eigenvalue weighted by molar-refractivity contribution is 0.392. The predicted octanol–water partition coefficient (Wildman–Crippen LogP) is 4.16. The Morgan fingerprint density at radius 3 is 2.73 bits per heavy atom. The number of halogens is 1. The molecule has 15 heavy (non-hydrogen) atoms. The van der Waals surface area contributed by atoms with Crippen LogP contribution in [0.4, 0.5) is 0 Å². The molecular formula is C13H15BrS. The van der Waals surface area contributed by atoms with Gasteiger partial charge in [-0.3, -0.25) is 0 Å². The molecule has 1 aromatic carbocycles. The molecule has 2 aliphatic rings. The Bertz CT molecular complexity index is 380. The summed E-state index contributed by atoms with van der Waals surface area (Å²) in [5.41, 5.74) is 3.81. The van der Waals surface area contributed by atoms with E-state index in [1.807, 2.05) is 0 Å². The van der Waals surface area contributed by atoms with Gasteiger partial charge in [0, 0.05) is 4.47 Å². The van der Waals surface area contributed by atoms with Crippen LogP contribution in [0.1, 0.15) is 30.4 Å². The van der Waals surface area contributed by atoms with Gasteiger partial charge in [0.05, 0.1) is 0 Å². The normalized spacial score (nSPS) is 23.0. The minimum absolute atomic E-state index is 0.557. The zero-order valence-corrected chi connectivity index (χ0v) is 11.2. The van der Waals surface area contributed by atoms with Crippen LogP contribution < -0.4 is 0 Å². The molecule has 1 aliphatic carbocycles. The van der Waals surface area contributed by atoms with Gasteiger partial charge >= 0.3 is 0 Å². The highest BCUT2D eigenvalue weighted by Gasteiger charge is 2.39. The second-order valence-corrected chi connectivity index (χ2v) is 6.83. The number of benzene rings is 1. The standard InChI is InChI=1S/C13H15BrS/c14-11-1-2-12-10(9-11)3-4-13(12)5-7-15-8-6-13/h1-2,9H,3-8H2. The second kappa shape index (κ2) is 3.81. The number of hydrogen-bond acceptors (Lipinski definition) is 1. The highest BCUT2D eigenvalue weighted by Crippen LogP contribution is 2.48. The Labute approximate surface area is 104 Å². The van der Waals surface area contributed by atoms with Crippen LogP contribution in [0.2, 0.25) is 0 Å². The van der Waals surface area contributed by atoms with E-state index in [1.165, 1.54) is 41.7 Å². The summed E-state index contributed by atoms with van der Waals surface area (Å²) >= 11 is 5.70. The molecule has 0 saturated carbocycles. The van der Waals surface area contributed by atoms with E-state index in [-0.39, 0.29) is 0 Å². The first-order chi connectivity index (χ1) is 7.30. The van der Waals surface area contributed by atoms with Crippen molar-refractivity contribution in [2.24, 2.45) is 0 Å². The molecule has 1 fully saturated rings. The third-order valence-corrected chi connectivity index (χ3v) is 5.44. The van der Waals surface area contributed by atoms with Crippen molar-refractivity contribution in [2.75, 3.05) is 11.5 Å². The van der Waals surface area contributed by atoms with Gasteiger partial charge in [0.25, 0.3) is 0 Å². The maximum atomic E-state index is 3.57. The summed E-state index contributed by atoms with van der Waals surface area (Å²) in [6.45, 7) is 0. The van der Waals surface area contributed by atoms with E-state index in [2.05, 4.69) is 45.9 Å². The van der Waals surface area contributed by atoms with Crippen LogP contribution in [-0.4, -0.2) is 11.5 Å². The molecule has 0 unspecified atom stereocenters. The summed E-state index contributed by atoms with van der Waals surface area (Å²) in [6, 6.07) is 6.90. The molecule has 1 heterocycles. The van der Waals surface area contributed by atoms with Crippen LogP contribution >= 0.6 is 27.7 Å². The van der Waals surface area contributed by atoms with E-state index in [9.17, 15) is 0 Å². The lowest BCUT2D eigenvalue weighted by atomic mass is 9.77. The fourth-order valence-electron chi connectivity index (χ4n) is 3.08. The molecule has 0 N–H and O–H groups in total. The molecule has 1 spiro atoms. The summed E-state index contributed by atoms with van der Waals surface area (Å²) in [7, 11) is 0. The van der Waals surface area contributed by atoms with Crippen molar-refractivity contribution in [3.8, 4) is 0 Å². The van der Waals surface area contributed by atoms with Gasteiger partial charge in [0.1, 0.15) is 0 Å². The molecule has 0 amide bonds. The molecule has 0 bridgehead atoms. The average molecular weight is 283 g/mol. The topological polar surface area (TPSA) is 0 Å². The van der Waals surface area contributed by atoms with Gasteiger partial charge in [-0.25, -0.2) is 0 Å². The quantitative estimate of drug-likeness (QED) is 0.689. The minimum atomic E-state index is 0.557. The molecule has 0 atom stereocenters. The third kappa shape index (κ3) is 1.66. The van der Waals surface area contributed by atoms with Crippen LogP contribution in [0.25, 0.3) is 0 Å². The zero-order chi connectivity index (χ0) is 10.3. The van der Waals surface area contributed by atoms with Gasteiger partial charge in [-0.1, -0.05) is 22.0 Å². The largest absolute Gasteiger partial charge is 0.162 e. The van der Waals surface area contributed by atoms with E-state index in [0.717, 1.165) is 0 Å². The smallest absolute Gasteiger partial charge is 0.0178 e. The minimum Gasteiger partial charge on any atom is -0.162 e. The van der Waals surface area contributed by atoms with Crippen molar-refractivity contribution < 1.29 is 0 Å². The van der Waals surface area contributed by atoms with E-state index in [4.69, 9.17) is 0 Å². The van der Waals surface area contributed by atoms with E-state index in [0.29, 0.717) is 5.41 Å². The number of rotatable bonds is 0. The summed E-state index contributed by atoms with van der Waals surface area (Å²) in [5, 5.41) is 0. The number of aryl methyl sites for hydroxylation is 1. The van der Waals surface area contributed by atoms with Crippen LogP contribution in [0.15, 0.2) is 22.7 Å². The Kier molecular flexibility index (Phi) is 2.60. The van der Waals surface area contributed by atoms with Crippen LogP contribution in [0, 0.1) is 0 Å². The van der Waals surface area contributed by atoms with Crippen molar-refractivity contribution in [1.29, 1.82) is 0 Å². The van der Waals surface area contributed by atoms with Crippen LogP contribution in [0.5, 0.6) is 0 Å². The van der Waals surface area contributed by atoms with E-state index < -0.39 is 0 Å². The van der Waals surface area contributed by atoms with Crippen molar-refractivity contribution in [3.05, 3.63) is 33.8 Å². The highest BCUT2D eigenvalue weighted by atomic mass is 79.9. The molecule has 1 aliphatic heterocycles. The molecule has 80 valence electrons. The molecule has 2 heteroatoms. The first kappa shape index (κ1) is 10.2. The molecule has 1 saturated heterocycles. The fourth-order valence-corrected chi connectivity index (χ4v) is 4.76. The summed E-state index contributed by atoms with van der Waals surface area (Å²) in [6.07, 6.45) is 5.47. The first-order valence-electron chi connectivity index (χ1n) is 5.67.